The number of para-hydroxylation sites is 1. The Morgan fingerprint density at radius 2 is 1.75 bits per heavy atom. The van der Waals surface area contributed by atoms with Crippen molar-refractivity contribution in [2.75, 3.05) is 19.0 Å². The second-order valence-electron chi connectivity index (χ2n) is 7.22. The highest BCUT2D eigenvalue weighted by molar-refractivity contribution is 7.21. The lowest BCUT2D eigenvalue weighted by Gasteiger charge is -2.13. The summed E-state index contributed by atoms with van der Waals surface area (Å²) in [6.45, 7) is -0.109. The maximum Gasteiger partial charge on any atom is 0.262 e. The molecule has 0 bridgehead atoms. The molecule has 32 heavy (non-hydrogen) atoms. The van der Waals surface area contributed by atoms with E-state index in [1.165, 1.54) is 0 Å². The maximum absolute atomic E-state index is 12.7. The molecule has 5 nitrogen and oxygen atoms in total. The van der Waals surface area contributed by atoms with E-state index < -0.39 is 0 Å². The third-order valence-electron chi connectivity index (χ3n) is 5.12. The first-order valence-corrected chi connectivity index (χ1v) is 11.0. The number of aromatic nitrogens is 1. The average molecular weight is 441 g/mol. The van der Waals surface area contributed by atoms with Crippen molar-refractivity contribution in [3.8, 4) is 22.1 Å². The first kappa shape index (κ1) is 20.0. The van der Waals surface area contributed by atoms with Gasteiger partial charge < -0.3 is 14.8 Å². The van der Waals surface area contributed by atoms with Gasteiger partial charge in [0.15, 0.2) is 6.61 Å². The number of hydrogen-bond donors (Lipinski definition) is 1. The molecule has 0 unspecified atom stereocenters. The Morgan fingerprint density at radius 3 is 2.62 bits per heavy atom. The number of nitrogens with zero attached hydrogens (tertiary/aromatic N) is 1. The molecule has 0 spiro atoms. The second-order valence-corrected chi connectivity index (χ2v) is 8.25. The first-order chi connectivity index (χ1) is 15.7. The summed E-state index contributed by atoms with van der Waals surface area (Å²) in [6.07, 6.45) is 0. The molecular weight excluding hydrogens is 420 g/mol. The van der Waals surface area contributed by atoms with Crippen molar-refractivity contribution in [1.29, 1.82) is 0 Å². The van der Waals surface area contributed by atoms with E-state index in [0.29, 0.717) is 17.2 Å². The third kappa shape index (κ3) is 4.00. The molecule has 5 rings (SSSR count). The minimum Gasteiger partial charge on any atom is -0.495 e. The van der Waals surface area contributed by atoms with Gasteiger partial charge in [0.2, 0.25) is 0 Å². The van der Waals surface area contributed by atoms with E-state index >= 15 is 0 Å². The number of nitrogens with one attached hydrogen (secondary N) is 1. The lowest BCUT2D eigenvalue weighted by molar-refractivity contribution is -0.118. The molecule has 0 aliphatic heterocycles. The molecule has 0 fully saturated rings. The minimum absolute atomic E-state index is 0.109. The number of carbonyl (C=O) groups excluding carboxylic acids is 1. The Balaban J connectivity index is 1.35. The van der Waals surface area contributed by atoms with Gasteiger partial charge in [0.25, 0.3) is 5.91 Å². The van der Waals surface area contributed by atoms with E-state index in [1.807, 2.05) is 84.9 Å². The summed E-state index contributed by atoms with van der Waals surface area (Å²) in [4.78, 5) is 17.4. The summed E-state index contributed by atoms with van der Waals surface area (Å²) in [6, 6.07) is 27.4. The number of benzene rings is 4. The van der Waals surface area contributed by atoms with E-state index in [0.717, 1.165) is 31.6 Å². The number of ether oxygens (including phenoxy) is 2. The van der Waals surface area contributed by atoms with Gasteiger partial charge in [0.05, 0.1) is 23.0 Å². The third-order valence-corrected chi connectivity index (χ3v) is 6.21. The standard InChI is InChI=1S/C26H20N2O3S/c1-30-23-14-13-18(26-28-20-10-4-5-12-24(20)32-26)15-21(23)27-25(29)16-31-22-11-6-8-17-7-2-3-9-19(17)22/h2-15H,16H2,1H3,(H,27,29). The van der Waals surface area contributed by atoms with Crippen molar-refractivity contribution in [3.63, 3.8) is 0 Å². The summed E-state index contributed by atoms with van der Waals surface area (Å²) in [5.41, 5.74) is 2.45. The molecular formula is C26H20N2O3S. The van der Waals surface area contributed by atoms with Gasteiger partial charge in [-0.3, -0.25) is 4.79 Å². The lowest BCUT2D eigenvalue weighted by Crippen LogP contribution is -2.20. The van der Waals surface area contributed by atoms with E-state index in [1.54, 1.807) is 18.4 Å². The predicted octanol–water partition coefficient (Wildman–Crippen LogP) is 6.14. The molecule has 0 aliphatic rings. The van der Waals surface area contributed by atoms with Crippen LogP contribution in [0.2, 0.25) is 0 Å². The molecule has 1 aromatic heterocycles. The highest BCUT2D eigenvalue weighted by atomic mass is 32.1. The number of fused-ring (bicyclic) bond motifs is 2. The molecule has 5 aromatic rings. The van der Waals surface area contributed by atoms with Crippen LogP contribution in [-0.2, 0) is 4.79 Å². The Bertz CT molecular complexity index is 1390. The zero-order chi connectivity index (χ0) is 21.9. The van der Waals surface area contributed by atoms with Crippen molar-refractivity contribution < 1.29 is 14.3 Å². The monoisotopic (exact) mass is 440 g/mol. The molecule has 6 heteroatoms. The van der Waals surface area contributed by atoms with E-state index in [-0.39, 0.29) is 12.5 Å². The topological polar surface area (TPSA) is 60.5 Å². The number of thiazole rings is 1. The van der Waals surface area contributed by atoms with Gasteiger partial charge in [0.1, 0.15) is 16.5 Å². The molecule has 1 N–H and O–H groups in total. The van der Waals surface area contributed by atoms with Gasteiger partial charge in [-0.05, 0) is 41.8 Å². The fourth-order valence-electron chi connectivity index (χ4n) is 3.59. The molecule has 158 valence electrons. The number of methoxy groups -OCH3 is 1. The Morgan fingerprint density at radius 1 is 0.938 bits per heavy atom. The molecule has 1 amide bonds. The van der Waals surface area contributed by atoms with E-state index in [9.17, 15) is 4.79 Å². The van der Waals surface area contributed by atoms with E-state index in [4.69, 9.17) is 14.5 Å². The summed E-state index contributed by atoms with van der Waals surface area (Å²) < 4.78 is 12.4. The molecule has 0 atom stereocenters. The van der Waals surface area contributed by atoms with Crippen molar-refractivity contribution >= 4 is 43.9 Å². The molecule has 0 radical (unpaired) electrons. The number of hydrogen-bond acceptors (Lipinski definition) is 5. The summed E-state index contributed by atoms with van der Waals surface area (Å²) in [7, 11) is 1.58. The molecule has 4 aromatic carbocycles. The maximum atomic E-state index is 12.7. The smallest absolute Gasteiger partial charge is 0.262 e. The minimum atomic E-state index is -0.266. The van der Waals surface area contributed by atoms with Gasteiger partial charge in [-0.1, -0.05) is 48.5 Å². The van der Waals surface area contributed by atoms with Gasteiger partial charge >= 0.3 is 0 Å². The normalized spacial score (nSPS) is 10.9. The lowest BCUT2D eigenvalue weighted by atomic mass is 10.1. The molecule has 0 aliphatic carbocycles. The summed E-state index contributed by atoms with van der Waals surface area (Å²) >= 11 is 1.61. The Kier molecular flexibility index (Phi) is 5.44. The predicted molar refractivity (Wildman–Crippen MR) is 130 cm³/mol. The van der Waals surface area contributed by atoms with Gasteiger partial charge in [-0.15, -0.1) is 11.3 Å². The van der Waals surface area contributed by atoms with Crippen LogP contribution in [0.3, 0.4) is 0 Å². The number of carbonyl (C=O) groups is 1. The highest BCUT2D eigenvalue weighted by Crippen LogP contribution is 2.35. The average Bonchev–Trinajstić information content (AvgIpc) is 3.27. The van der Waals surface area contributed by atoms with E-state index in [2.05, 4.69) is 5.32 Å². The molecule has 1 heterocycles. The highest BCUT2D eigenvalue weighted by Gasteiger charge is 2.13. The number of anilines is 1. The van der Waals surface area contributed by atoms with Crippen LogP contribution in [0.15, 0.2) is 84.9 Å². The number of amides is 1. The van der Waals surface area contributed by atoms with Gasteiger partial charge in [-0.2, -0.15) is 0 Å². The van der Waals surface area contributed by atoms with Crippen LogP contribution in [0.5, 0.6) is 11.5 Å². The van der Waals surface area contributed by atoms with Gasteiger partial charge in [-0.25, -0.2) is 4.98 Å². The summed E-state index contributed by atoms with van der Waals surface area (Å²) in [5.74, 6) is 0.986. The SMILES string of the molecule is COc1ccc(-c2nc3ccccc3s2)cc1NC(=O)COc1cccc2ccccc12. The second kappa shape index (κ2) is 8.69. The van der Waals surface area contributed by atoms with Crippen molar-refractivity contribution in [2.24, 2.45) is 0 Å². The zero-order valence-corrected chi connectivity index (χ0v) is 18.2. The van der Waals surface area contributed by atoms with Crippen LogP contribution in [0.4, 0.5) is 5.69 Å². The number of rotatable bonds is 6. The van der Waals surface area contributed by atoms with Crippen LogP contribution >= 0.6 is 11.3 Å². The largest absolute Gasteiger partial charge is 0.495 e. The van der Waals surface area contributed by atoms with Crippen molar-refractivity contribution in [1.82, 2.24) is 4.98 Å². The quantitative estimate of drug-likeness (QED) is 0.344. The molecule has 0 saturated heterocycles. The van der Waals surface area contributed by atoms with Crippen LogP contribution in [0, 0.1) is 0 Å². The Labute approximate surface area is 189 Å². The van der Waals surface area contributed by atoms with Crippen LogP contribution < -0.4 is 14.8 Å². The fraction of sp³-hybridized carbons (Fsp3) is 0.0769. The first-order valence-electron chi connectivity index (χ1n) is 10.2. The van der Waals surface area contributed by atoms with Gasteiger partial charge in [0, 0.05) is 10.9 Å². The fourth-order valence-corrected chi connectivity index (χ4v) is 4.55. The Hall–Kier alpha value is -3.90. The van der Waals surface area contributed by atoms with Crippen molar-refractivity contribution in [2.45, 2.75) is 0 Å². The zero-order valence-electron chi connectivity index (χ0n) is 17.4. The van der Waals surface area contributed by atoms with Crippen LogP contribution in [0.1, 0.15) is 0 Å². The van der Waals surface area contributed by atoms with Crippen molar-refractivity contribution in [3.05, 3.63) is 84.9 Å². The molecule has 0 saturated carbocycles. The van der Waals surface area contributed by atoms with Crippen LogP contribution in [-0.4, -0.2) is 24.6 Å². The summed E-state index contributed by atoms with van der Waals surface area (Å²) in [5, 5.41) is 5.83. The van der Waals surface area contributed by atoms with Crippen LogP contribution in [0.25, 0.3) is 31.6 Å².